The lowest BCUT2D eigenvalue weighted by Gasteiger charge is -2.30. The number of carboxylic acids is 5. The molecule has 0 aromatic rings. The Hall–Kier alpha value is -3.77. The van der Waals surface area contributed by atoms with E-state index >= 15 is 0 Å². The van der Waals surface area contributed by atoms with Crippen LogP contribution in [-0.2, 0) is 38.4 Å². The maximum atomic E-state index is 12.4. The maximum absolute atomic E-state index is 12.4. The van der Waals surface area contributed by atoms with Crippen molar-refractivity contribution in [3.63, 3.8) is 0 Å². The second-order valence-corrected chi connectivity index (χ2v) is 8.82. The van der Waals surface area contributed by atoms with Gasteiger partial charge in [0.2, 0.25) is 11.8 Å². The van der Waals surface area contributed by atoms with Crippen molar-refractivity contribution < 1.29 is 63.9 Å². The lowest BCUT2D eigenvalue weighted by Crippen LogP contribution is -2.51. The zero-order chi connectivity index (χ0) is 28.9. The van der Waals surface area contributed by atoms with Crippen LogP contribution >= 0.6 is 11.8 Å². The highest BCUT2D eigenvalue weighted by atomic mass is 32.2. The number of nitrogens with two attached hydrogens (primary N) is 2. The van der Waals surface area contributed by atoms with E-state index in [-0.39, 0.29) is 12.7 Å². The Kier molecular flexibility index (Phi) is 14.4. The van der Waals surface area contributed by atoms with Gasteiger partial charge in [-0.3, -0.25) is 33.6 Å². The molecule has 2 amide bonds. The summed E-state index contributed by atoms with van der Waals surface area (Å²) < 4.78 is 0. The van der Waals surface area contributed by atoms with Crippen LogP contribution in [0.1, 0.15) is 19.3 Å². The van der Waals surface area contributed by atoms with Crippen LogP contribution in [0.25, 0.3) is 0 Å². The van der Waals surface area contributed by atoms with Crippen molar-refractivity contribution in [2.45, 2.75) is 42.6 Å². The van der Waals surface area contributed by atoms with Gasteiger partial charge in [-0.15, -0.1) is 11.8 Å². The zero-order valence-corrected chi connectivity index (χ0v) is 20.0. The van der Waals surface area contributed by atoms with E-state index in [2.05, 4.69) is 5.32 Å². The third-order valence-corrected chi connectivity index (χ3v) is 6.27. The third-order valence-electron chi connectivity index (χ3n) is 4.89. The smallest absolute Gasteiger partial charge is 0.322 e. The standard InChI is InChI=1S/C19H28N4O13S/c20-8(17(31)32)1-2-11(25)23-10(16(30)22-4-13(28)29)6-37-15(19(35)36)14(18(33)34)7(3-12(26)27)9(21)5-24/h5,7-10,14-15H,1-4,6,20-21H2,(H,22,30)(H,23,25)(H,26,27)(H,28,29)(H,31,32)(H,33,34)(H,35,36)/t7?,8-,9+,10-,14?,15?/m0/s1. The summed E-state index contributed by atoms with van der Waals surface area (Å²) in [5.74, 6) is -14.3. The molecule has 0 spiro atoms. The topological polar surface area (TPSA) is 314 Å². The van der Waals surface area contributed by atoms with Crippen LogP contribution in [0.5, 0.6) is 0 Å². The number of amides is 2. The highest BCUT2D eigenvalue weighted by Crippen LogP contribution is 2.31. The Bertz CT molecular complexity index is 899. The van der Waals surface area contributed by atoms with E-state index < -0.39 is 102 Å². The molecule has 0 saturated carbocycles. The van der Waals surface area contributed by atoms with E-state index in [9.17, 15) is 48.6 Å². The van der Waals surface area contributed by atoms with Crippen LogP contribution in [0.15, 0.2) is 0 Å². The van der Waals surface area contributed by atoms with Gasteiger partial charge in [0.25, 0.3) is 0 Å². The van der Waals surface area contributed by atoms with Crippen LogP contribution < -0.4 is 22.1 Å². The molecule has 208 valence electrons. The Morgan fingerprint density at radius 3 is 1.89 bits per heavy atom. The molecule has 37 heavy (non-hydrogen) atoms. The van der Waals surface area contributed by atoms with Gasteiger partial charge in [-0.25, -0.2) is 0 Å². The van der Waals surface area contributed by atoms with Crippen molar-refractivity contribution >= 4 is 59.7 Å². The molecule has 0 heterocycles. The summed E-state index contributed by atoms with van der Waals surface area (Å²) in [6.07, 6.45) is -1.71. The number of carboxylic acid groups (broad SMARTS) is 5. The van der Waals surface area contributed by atoms with Gasteiger partial charge in [0, 0.05) is 18.1 Å². The molecule has 0 aliphatic rings. The van der Waals surface area contributed by atoms with Gasteiger partial charge >= 0.3 is 29.8 Å². The second kappa shape index (κ2) is 16.1. The van der Waals surface area contributed by atoms with Crippen LogP contribution in [0.2, 0.25) is 0 Å². The molecule has 0 fully saturated rings. The quantitative estimate of drug-likeness (QED) is 0.0698. The lowest BCUT2D eigenvalue weighted by molar-refractivity contribution is -0.151. The third kappa shape index (κ3) is 12.2. The lowest BCUT2D eigenvalue weighted by atomic mass is 9.82. The minimum Gasteiger partial charge on any atom is -0.481 e. The molecule has 18 heteroatoms. The second-order valence-electron chi connectivity index (χ2n) is 7.65. The van der Waals surface area contributed by atoms with Gasteiger partial charge in [-0.2, -0.15) is 0 Å². The number of carbonyl (C=O) groups excluding carboxylic acids is 3. The van der Waals surface area contributed by atoms with Crippen molar-refractivity contribution in [1.82, 2.24) is 10.6 Å². The van der Waals surface area contributed by atoms with Gasteiger partial charge in [0.15, 0.2) is 0 Å². The van der Waals surface area contributed by atoms with Gasteiger partial charge in [0.1, 0.15) is 30.2 Å². The van der Waals surface area contributed by atoms with Crippen LogP contribution in [0, 0.1) is 11.8 Å². The van der Waals surface area contributed by atoms with Crippen molar-refractivity contribution in [1.29, 1.82) is 0 Å². The summed E-state index contributed by atoms with van der Waals surface area (Å²) in [5, 5.41) is 48.1. The van der Waals surface area contributed by atoms with E-state index in [1.165, 1.54) is 0 Å². The summed E-state index contributed by atoms with van der Waals surface area (Å²) in [4.78, 5) is 92.3. The van der Waals surface area contributed by atoms with Crippen LogP contribution in [-0.4, -0.2) is 109 Å². The van der Waals surface area contributed by atoms with Crippen LogP contribution in [0.4, 0.5) is 0 Å². The zero-order valence-electron chi connectivity index (χ0n) is 19.1. The van der Waals surface area contributed by atoms with Gasteiger partial charge < -0.3 is 52.4 Å². The molecular formula is C19H28N4O13S. The monoisotopic (exact) mass is 552 g/mol. The average molecular weight is 553 g/mol. The summed E-state index contributed by atoms with van der Waals surface area (Å²) in [5.41, 5.74) is 10.8. The summed E-state index contributed by atoms with van der Waals surface area (Å²) in [7, 11) is 0. The highest BCUT2D eigenvalue weighted by molar-refractivity contribution is 8.00. The fraction of sp³-hybridized carbons (Fsp3) is 0.579. The normalized spacial score (nSPS) is 15.6. The first-order chi connectivity index (χ1) is 17.1. The molecule has 0 rings (SSSR count). The predicted octanol–water partition coefficient (Wildman–Crippen LogP) is -3.63. The Morgan fingerprint density at radius 2 is 1.46 bits per heavy atom. The number of thioether (sulfide) groups is 1. The number of carbonyl (C=O) groups is 8. The molecule has 0 radical (unpaired) electrons. The number of aliphatic carboxylic acids is 5. The molecule has 3 unspecified atom stereocenters. The van der Waals surface area contributed by atoms with E-state index in [4.69, 9.17) is 26.8 Å². The number of nitrogens with one attached hydrogen (secondary N) is 2. The average Bonchev–Trinajstić information content (AvgIpc) is 2.80. The minimum atomic E-state index is -2.02. The molecule has 17 nitrogen and oxygen atoms in total. The molecule has 6 atom stereocenters. The van der Waals surface area contributed by atoms with Crippen molar-refractivity contribution in [2.24, 2.45) is 23.3 Å². The number of hydrogen-bond donors (Lipinski definition) is 9. The molecule has 11 N–H and O–H groups in total. The minimum absolute atomic E-state index is 0.0668. The first-order valence-electron chi connectivity index (χ1n) is 10.4. The number of aldehydes is 1. The molecule has 0 saturated heterocycles. The summed E-state index contributed by atoms with van der Waals surface area (Å²) in [6.45, 7) is -0.880. The largest absolute Gasteiger partial charge is 0.481 e. The molecule has 0 aromatic carbocycles. The Labute approximate surface area is 212 Å². The van der Waals surface area contributed by atoms with Crippen molar-refractivity contribution in [2.75, 3.05) is 12.3 Å². The van der Waals surface area contributed by atoms with Gasteiger partial charge in [-0.05, 0) is 6.42 Å². The SMILES string of the molecule is N[C@H](C=O)C(CC(=O)O)C(C(=O)O)C(SC[C@H](NC(=O)CC[C@H](N)C(=O)O)C(=O)NCC(=O)O)C(=O)O. The molecular weight excluding hydrogens is 524 g/mol. The highest BCUT2D eigenvalue weighted by Gasteiger charge is 2.44. The fourth-order valence-electron chi connectivity index (χ4n) is 3.02. The molecule has 0 aliphatic carbocycles. The van der Waals surface area contributed by atoms with E-state index in [0.717, 1.165) is 0 Å². The number of hydrogen-bond acceptors (Lipinski definition) is 11. The number of rotatable bonds is 19. The fourth-order valence-corrected chi connectivity index (χ4v) is 4.32. The first kappa shape index (κ1) is 33.2. The van der Waals surface area contributed by atoms with E-state index in [0.29, 0.717) is 11.8 Å². The molecule has 0 bridgehead atoms. The van der Waals surface area contributed by atoms with Crippen LogP contribution in [0.3, 0.4) is 0 Å². The van der Waals surface area contributed by atoms with Crippen molar-refractivity contribution in [3.8, 4) is 0 Å². The Morgan fingerprint density at radius 1 is 0.865 bits per heavy atom. The molecule has 0 aromatic heterocycles. The van der Waals surface area contributed by atoms with Crippen molar-refractivity contribution in [3.05, 3.63) is 0 Å². The Balaban J connectivity index is 5.90. The molecule has 0 aliphatic heterocycles. The van der Waals surface area contributed by atoms with Gasteiger partial charge in [-0.1, -0.05) is 0 Å². The van der Waals surface area contributed by atoms with E-state index in [1.807, 2.05) is 5.32 Å². The summed E-state index contributed by atoms with van der Waals surface area (Å²) >= 11 is 0.305. The first-order valence-corrected chi connectivity index (χ1v) is 11.4. The summed E-state index contributed by atoms with van der Waals surface area (Å²) in [6, 6.07) is -4.68. The predicted molar refractivity (Wildman–Crippen MR) is 122 cm³/mol. The van der Waals surface area contributed by atoms with Gasteiger partial charge in [0.05, 0.1) is 18.4 Å². The van der Waals surface area contributed by atoms with E-state index in [1.54, 1.807) is 0 Å². The maximum Gasteiger partial charge on any atom is 0.322 e.